The van der Waals surface area contributed by atoms with E-state index in [9.17, 15) is 9.90 Å². The first kappa shape index (κ1) is 10.1. The summed E-state index contributed by atoms with van der Waals surface area (Å²) in [6, 6.07) is 5.45. The Labute approximate surface area is 98.3 Å². The third-order valence-corrected chi connectivity index (χ3v) is 3.41. The van der Waals surface area contributed by atoms with Crippen molar-refractivity contribution in [2.75, 3.05) is 0 Å². The minimum absolute atomic E-state index is 0.0363. The van der Waals surface area contributed by atoms with Crippen LogP contribution in [0, 0.1) is 20.8 Å². The molecule has 0 aliphatic carbocycles. The molecule has 0 atom stereocenters. The molecule has 3 nitrogen and oxygen atoms in total. The molecule has 0 saturated heterocycles. The van der Waals surface area contributed by atoms with E-state index in [1.54, 1.807) is 10.5 Å². The first-order chi connectivity index (χ1) is 8.00. The van der Waals surface area contributed by atoms with Crippen LogP contribution in [0.2, 0.25) is 0 Å². The quantitative estimate of drug-likeness (QED) is 0.641. The number of pyridine rings is 1. The number of benzene rings is 1. The van der Waals surface area contributed by atoms with E-state index >= 15 is 0 Å². The minimum Gasteiger partial charge on any atom is -0.507 e. The standard InChI is InChI=1S/C14H13NO2/c1-7-5-12(16)15-9(3)6-11-13(15)10(7)4-8(2)14(11)17/h4-6,17H,1-3H3. The fourth-order valence-electron chi connectivity index (χ4n) is 2.56. The highest BCUT2D eigenvalue weighted by Gasteiger charge is 2.15. The highest BCUT2D eigenvalue weighted by molar-refractivity contribution is 6.02. The number of rotatable bonds is 0. The maximum absolute atomic E-state index is 12.0. The summed E-state index contributed by atoms with van der Waals surface area (Å²) in [6.07, 6.45) is 0. The molecule has 0 radical (unpaired) electrons. The normalized spacial score (nSPS) is 11.7. The van der Waals surface area contributed by atoms with Crippen LogP contribution in [0.25, 0.3) is 16.3 Å². The molecule has 0 aliphatic heterocycles. The van der Waals surface area contributed by atoms with E-state index in [1.165, 1.54) is 0 Å². The molecule has 1 aromatic carbocycles. The molecule has 86 valence electrons. The third kappa shape index (κ3) is 1.14. The Hall–Kier alpha value is -2.03. The molecule has 3 aromatic rings. The summed E-state index contributed by atoms with van der Waals surface area (Å²) < 4.78 is 1.66. The second kappa shape index (κ2) is 3.00. The average Bonchev–Trinajstić information content (AvgIpc) is 2.60. The van der Waals surface area contributed by atoms with Crippen LogP contribution in [-0.2, 0) is 0 Å². The van der Waals surface area contributed by atoms with Gasteiger partial charge in [-0.15, -0.1) is 0 Å². The Morgan fingerprint density at radius 2 is 1.71 bits per heavy atom. The number of nitrogens with zero attached hydrogens (tertiary/aromatic N) is 1. The Balaban J connectivity index is 2.79. The van der Waals surface area contributed by atoms with Gasteiger partial charge >= 0.3 is 0 Å². The van der Waals surface area contributed by atoms with Gasteiger partial charge < -0.3 is 5.11 Å². The fraction of sp³-hybridized carbons (Fsp3) is 0.214. The molecule has 3 rings (SSSR count). The first-order valence-electron chi connectivity index (χ1n) is 5.58. The van der Waals surface area contributed by atoms with Gasteiger partial charge in [0.05, 0.1) is 5.52 Å². The number of aromatic hydroxyl groups is 1. The summed E-state index contributed by atoms with van der Waals surface area (Å²) in [5, 5.41) is 11.9. The van der Waals surface area contributed by atoms with Crippen molar-refractivity contribution in [3.8, 4) is 5.75 Å². The van der Waals surface area contributed by atoms with E-state index in [1.807, 2.05) is 32.9 Å². The topological polar surface area (TPSA) is 41.7 Å². The van der Waals surface area contributed by atoms with Gasteiger partial charge in [0.15, 0.2) is 0 Å². The average molecular weight is 227 g/mol. The van der Waals surface area contributed by atoms with Gasteiger partial charge in [-0.2, -0.15) is 0 Å². The summed E-state index contributed by atoms with van der Waals surface area (Å²) in [5.74, 6) is 0.271. The number of hydrogen-bond donors (Lipinski definition) is 1. The van der Waals surface area contributed by atoms with Crippen molar-refractivity contribution in [3.63, 3.8) is 0 Å². The molecule has 0 amide bonds. The van der Waals surface area contributed by atoms with E-state index in [2.05, 4.69) is 0 Å². The van der Waals surface area contributed by atoms with E-state index in [4.69, 9.17) is 0 Å². The molecule has 0 fully saturated rings. The summed E-state index contributed by atoms with van der Waals surface area (Å²) in [7, 11) is 0. The molecule has 0 aliphatic rings. The van der Waals surface area contributed by atoms with Crippen LogP contribution in [0.3, 0.4) is 0 Å². The molecule has 1 N–H and O–H groups in total. The van der Waals surface area contributed by atoms with Crippen molar-refractivity contribution in [2.45, 2.75) is 20.8 Å². The van der Waals surface area contributed by atoms with Gasteiger partial charge in [0.25, 0.3) is 5.56 Å². The van der Waals surface area contributed by atoms with E-state index < -0.39 is 0 Å². The summed E-state index contributed by atoms with van der Waals surface area (Å²) in [5.41, 5.74) is 3.44. The lowest BCUT2D eigenvalue weighted by Gasteiger charge is -2.07. The van der Waals surface area contributed by atoms with Crippen LogP contribution < -0.4 is 5.56 Å². The number of phenolic OH excluding ortho intramolecular Hbond substituents is 1. The van der Waals surface area contributed by atoms with Crippen molar-refractivity contribution in [3.05, 3.63) is 45.4 Å². The Kier molecular flexibility index (Phi) is 1.79. The summed E-state index contributed by atoms with van der Waals surface area (Å²) >= 11 is 0. The Morgan fingerprint density at radius 3 is 2.41 bits per heavy atom. The molecule has 17 heavy (non-hydrogen) atoms. The molecule has 0 saturated carbocycles. The maximum atomic E-state index is 12.0. The summed E-state index contributed by atoms with van der Waals surface area (Å²) in [4.78, 5) is 12.0. The molecule has 2 aromatic heterocycles. The molecule has 3 heteroatoms. The second-order valence-corrected chi connectivity index (χ2v) is 4.64. The lowest BCUT2D eigenvalue weighted by molar-refractivity contribution is 0.478. The van der Waals surface area contributed by atoms with Gasteiger partial charge in [-0.1, -0.05) is 0 Å². The highest BCUT2D eigenvalue weighted by Crippen LogP contribution is 2.34. The first-order valence-corrected chi connectivity index (χ1v) is 5.58. The lowest BCUT2D eigenvalue weighted by atomic mass is 10.0. The fourth-order valence-corrected chi connectivity index (χ4v) is 2.56. The van der Waals surface area contributed by atoms with Gasteiger partial charge in [0.1, 0.15) is 5.75 Å². The van der Waals surface area contributed by atoms with Gasteiger partial charge in [0.2, 0.25) is 0 Å². The number of aromatic nitrogens is 1. The van der Waals surface area contributed by atoms with Crippen LogP contribution >= 0.6 is 0 Å². The smallest absolute Gasteiger partial charge is 0.255 e. The van der Waals surface area contributed by atoms with E-state index in [0.717, 1.165) is 33.1 Å². The summed E-state index contributed by atoms with van der Waals surface area (Å²) in [6.45, 7) is 5.68. The molecular weight excluding hydrogens is 214 g/mol. The highest BCUT2D eigenvalue weighted by atomic mass is 16.3. The van der Waals surface area contributed by atoms with Crippen LogP contribution in [0.5, 0.6) is 5.75 Å². The van der Waals surface area contributed by atoms with Crippen molar-refractivity contribution < 1.29 is 5.11 Å². The van der Waals surface area contributed by atoms with E-state index in [0.29, 0.717) is 0 Å². The minimum atomic E-state index is -0.0363. The van der Waals surface area contributed by atoms with Gasteiger partial charge in [0, 0.05) is 22.5 Å². The molecular formula is C14H13NO2. The zero-order valence-electron chi connectivity index (χ0n) is 10.0. The van der Waals surface area contributed by atoms with E-state index in [-0.39, 0.29) is 11.3 Å². The Morgan fingerprint density at radius 1 is 1.00 bits per heavy atom. The number of aryl methyl sites for hydroxylation is 3. The molecule has 0 unspecified atom stereocenters. The van der Waals surface area contributed by atoms with Crippen molar-refractivity contribution in [1.82, 2.24) is 4.40 Å². The van der Waals surface area contributed by atoms with Crippen LogP contribution in [0.4, 0.5) is 0 Å². The van der Waals surface area contributed by atoms with Crippen molar-refractivity contribution in [1.29, 1.82) is 0 Å². The van der Waals surface area contributed by atoms with Gasteiger partial charge in [-0.3, -0.25) is 9.20 Å². The van der Waals surface area contributed by atoms with Crippen LogP contribution in [-0.4, -0.2) is 9.51 Å². The van der Waals surface area contributed by atoms with Gasteiger partial charge in [-0.05, 0) is 44.0 Å². The third-order valence-electron chi connectivity index (χ3n) is 3.41. The zero-order chi connectivity index (χ0) is 12.3. The monoisotopic (exact) mass is 227 g/mol. The SMILES string of the molecule is Cc1cc2c(C)cc(=O)n3c(C)cc(c1O)c23. The van der Waals surface area contributed by atoms with Crippen molar-refractivity contribution >= 4 is 16.3 Å². The predicted molar refractivity (Wildman–Crippen MR) is 68.2 cm³/mol. The Bertz CT molecular complexity index is 799. The molecule has 0 spiro atoms. The molecule has 0 bridgehead atoms. The maximum Gasteiger partial charge on any atom is 0.255 e. The van der Waals surface area contributed by atoms with Crippen LogP contribution in [0.15, 0.2) is 23.0 Å². The zero-order valence-corrected chi connectivity index (χ0v) is 10.0. The van der Waals surface area contributed by atoms with Crippen molar-refractivity contribution in [2.24, 2.45) is 0 Å². The number of hydrogen-bond acceptors (Lipinski definition) is 2. The second-order valence-electron chi connectivity index (χ2n) is 4.64. The lowest BCUT2D eigenvalue weighted by Crippen LogP contribution is -2.13. The number of phenols is 1. The molecule has 2 heterocycles. The predicted octanol–water partition coefficient (Wildman–Crippen LogP) is 2.52. The van der Waals surface area contributed by atoms with Gasteiger partial charge in [-0.25, -0.2) is 0 Å². The van der Waals surface area contributed by atoms with Crippen LogP contribution in [0.1, 0.15) is 16.8 Å². The largest absolute Gasteiger partial charge is 0.507 e.